The highest BCUT2D eigenvalue weighted by Gasteiger charge is 2.33. The summed E-state index contributed by atoms with van der Waals surface area (Å²) in [6.45, 7) is 6.24. The number of ether oxygens (including phenoxy) is 1. The van der Waals surface area contributed by atoms with Crippen molar-refractivity contribution in [1.29, 1.82) is 0 Å². The lowest BCUT2D eigenvalue weighted by Gasteiger charge is -2.28. The first kappa shape index (κ1) is 13.3. The van der Waals surface area contributed by atoms with Gasteiger partial charge in [0, 0.05) is 19.7 Å². The van der Waals surface area contributed by atoms with Crippen LogP contribution in [0.2, 0.25) is 0 Å². The number of hydrogen-bond acceptors (Lipinski definition) is 3. The molecule has 3 N–H and O–H groups in total. The molecule has 0 aromatic carbocycles. The molecule has 17 heavy (non-hydrogen) atoms. The zero-order chi connectivity index (χ0) is 12.1. The molecule has 0 amide bonds. The maximum atomic E-state index is 5.95. The van der Waals surface area contributed by atoms with Crippen LogP contribution in [0.1, 0.15) is 45.4 Å². The summed E-state index contributed by atoms with van der Waals surface area (Å²) in [6, 6.07) is 0. The van der Waals surface area contributed by atoms with Crippen molar-refractivity contribution < 1.29 is 4.74 Å². The van der Waals surface area contributed by atoms with Crippen molar-refractivity contribution in [3.8, 4) is 0 Å². The molecule has 1 saturated carbocycles. The van der Waals surface area contributed by atoms with E-state index in [4.69, 9.17) is 10.5 Å². The van der Waals surface area contributed by atoms with E-state index >= 15 is 0 Å². The summed E-state index contributed by atoms with van der Waals surface area (Å²) in [6.07, 6.45) is 8.21. The van der Waals surface area contributed by atoms with Gasteiger partial charge < -0.3 is 15.8 Å². The van der Waals surface area contributed by atoms with Gasteiger partial charge in [-0.2, -0.15) is 0 Å². The largest absolute Gasteiger partial charge is 0.378 e. The van der Waals surface area contributed by atoms with Crippen LogP contribution in [-0.2, 0) is 4.74 Å². The lowest BCUT2D eigenvalue weighted by atomic mass is 9.86. The van der Waals surface area contributed by atoms with Crippen LogP contribution in [0, 0.1) is 11.3 Å². The van der Waals surface area contributed by atoms with Gasteiger partial charge in [0.05, 0.1) is 6.10 Å². The van der Waals surface area contributed by atoms with E-state index < -0.39 is 0 Å². The van der Waals surface area contributed by atoms with Crippen molar-refractivity contribution in [1.82, 2.24) is 5.32 Å². The van der Waals surface area contributed by atoms with Gasteiger partial charge in [0.1, 0.15) is 0 Å². The molecule has 0 radical (unpaired) electrons. The summed E-state index contributed by atoms with van der Waals surface area (Å²) in [4.78, 5) is 0. The van der Waals surface area contributed by atoms with Crippen LogP contribution >= 0.6 is 0 Å². The Morgan fingerprint density at radius 2 is 2.12 bits per heavy atom. The highest BCUT2D eigenvalue weighted by atomic mass is 16.5. The number of rotatable bonds is 6. The van der Waals surface area contributed by atoms with Gasteiger partial charge >= 0.3 is 0 Å². The van der Waals surface area contributed by atoms with E-state index in [1.54, 1.807) is 0 Å². The minimum Gasteiger partial charge on any atom is -0.378 e. The van der Waals surface area contributed by atoms with Crippen molar-refractivity contribution in [3.63, 3.8) is 0 Å². The van der Waals surface area contributed by atoms with Gasteiger partial charge in [-0.3, -0.25) is 0 Å². The Balaban J connectivity index is 1.71. The third-order valence-electron chi connectivity index (χ3n) is 4.75. The normalized spacial score (nSPS) is 32.1. The third-order valence-corrected chi connectivity index (χ3v) is 4.75. The summed E-state index contributed by atoms with van der Waals surface area (Å²) in [5.41, 5.74) is 6.36. The average molecular weight is 240 g/mol. The van der Waals surface area contributed by atoms with E-state index in [0.29, 0.717) is 11.5 Å². The Kier molecular flexibility index (Phi) is 4.83. The molecule has 0 aromatic rings. The highest BCUT2D eigenvalue weighted by molar-refractivity contribution is 4.88. The van der Waals surface area contributed by atoms with Crippen LogP contribution < -0.4 is 11.1 Å². The minimum atomic E-state index is 0.404. The Morgan fingerprint density at radius 3 is 2.76 bits per heavy atom. The SMILES string of the molecule is CCC1OCCC1CNCC1(CN)CCCC1. The molecule has 0 spiro atoms. The lowest BCUT2D eigenvalue weighted by Crippen LogP contribution is -2.40. The zero-order valence-electron chi connectivity index (χ0n) is 11.2. The van der Waals surface area contributed by atoms with Crippen molar-refractivity contribution in [3.05, 3.63) is 0 Å². The molecule has 3 heteroatoms. The monoisotopic (exact) mass is 240 g/mol. The summed E-state index contributed by atoms with van der Waals surface area (Å²) in [5.74, 6) is 0.719. The van der Waals surface area contributed by atoms with Gasteiger partial charge in [0.25, 0.3) is 0 Å². The van der Waals surface area contributed by atoms with Crippen LogP contribution in [0.25, 0.3) is 0 Å². The van der Waals surface area contributed by atoms with Crippen molar-refractivity contribution in [2.75, 3.05) is 26.2 Å². The van der Waals surface area contributed by atoms with E-state index in [1.807, 2.05) is 0 Å². The lowest BCUT2D eigenvalue weighted by molar-refractivity contribution is 0.0864. The molecular formula is C14H28N2O. The second kappa shape index (κ2) is 6.17. The van der Waals surface area contributed by atoms with E-state index in [2.05, 4.69) is 12.2 Å². The standard InChI is InChI=1S/C14H28N2O/c1-2-13-12(5-8-17-13)9-16-11-14(10-15)6-3-4-7-14/h12-13,16H,2-11,15H2,1H3. The van der Waals surface area contributed by atoms with Crippen LogP contribution in [0.4, 0.5) is 0 Å². The van der Waals surface area contributed by atoms with Gasteiger partial charge in [0.2, 0.25) is 0 Å². The maximum absolute atomic E-state index is 5.95. The van der Waals surface area contributed by atoms with Gasteiger partial charge in [-0.1, -0.05) is 19.8 Å². The number of nitrogens with two attached hydrogens (primary N) is 1. The smallest absolute Gasteiger partial charge is 0.0613 e. The first-order chi connectivity index (χ1) is 8.29. The highest BCUT2D eigenvalue weighted by Crippen LogP contribution is 2.36. The Hall–Kier alpha value is -0.120. The summed E-state index contributed by atoms with van der Waals surface area (Å²) >= 11 is 0. The van der Waals surface area contributed by atoms with Gasteiger partial charge in [-0.05, 0) is 43.6 Å². The molecule has 3 nitrogen and oxygen atoms in total. The topological polar surface area (TPSA) is 47.3 Å². The predicted molar refractivity (Wildman–Crippen MR) is 71.0 cm³/mol. The predicted octanol–water partition coefficient (Wildman–Crippen LogP) is 1.91. The Labute approximate surface area is 105 Å². The first-order valence-corrected chi connectivity index (χ1v) is 7.32. The van der Waals surface area contributed by atoms with Crippen LogP contribution in [0.5, 0.6) is 0 Å². The van der Waals surface area contributed by atoms with Gasteiger partial charge in [-0.25, -0.2) is 0 Å². The molecule has 0 aromatic heterocycles. The summed E-state index contributed by atoms with van der Waals surface area (Å²) in [7, 11) is 0. The molecule has 2 fully saturated rings. The van der Waals surface area contributed by atoms with Crippen LogP contribution in [0.15, 0.2) is 0 Å². The van der Waals surface area contributed by atoms with Crippen LogP contribution in [-0.4, -0.2) is 32.3 Å². The molecule has 1 aliphatic carbocycles. The van der Waals surface area contributed by atoms with Gasteiger partial charge in [0.15, 0.2) is 0 Å². The molecule has 0 bridgehead atoms. The second-order valence-corrected chi connectivity index (χ2v) is 5.91. The first-order valence-electron chi connectivity index (χ1n) is 7.32. The van der Waals surface area contributed by atoms with Crippen LogP contribution in [0.3, 0.4) is 0 Å². The number of hydrogen-bond donors (Lipinski definition) is 2. The van der Waals surface area contributed by atoms with E-state index in [1.165, 1.54) is 32.1 Å². The van der Waals surface area contributed by atoms with E-state index in [0.717, 1.165) is 38.6 Å². The second-order valence-electron chi connectivity index (χ2n) is 5.91. The molecular weight excluding hydrogens is 212 g/mol. The fraction of sp³-hybridized carbons (Fsp3) is 1.00. The van der Waals surface area contributed by atoms with E-state index in [-0.39, 0.29) is 0 Å². The quantitative estimate of drug-likeness (QED) is 0.745. The summed E-state index contributed by atoms with van der Waals surface area (Å²) in [5, 5.41) is 3.67. The molecule has 2 unspecified atom stereocenters. The van der Waals surface area contributed by atoms with Crippen molar-refractivity contribution in [2.45, 2.75) is 51.6 Å². The maximum Gasteiger partial charge on any atom is 0.0613 e. The van der Waals surface area contributed by atoms with Crippen molar-refractivity contribution >= 4 is 0 Å². The molecule has 1 heterocycles. The van der Waals surface area contributed by atoms with Crippen molar-refractivity contribution in [2.24, 2.45) is 17.1 Å². The molecule has 2 rings (SSSR count). The number of nitrogens with one attached hydrogen (secondary N) is 1. The fourth-order valence-electron chi connectivity index (χ4n) is 3.48. The van der Waals surface area contributed by atoms with E-state index in [9.17, 15) is 0 Å². The summed E-state index contributed by atoms with van der Waals surface area (Å²) < 4.78 is 5.72. The Bertz CT molecular complexity index is 226. The average Bonchev–Trinajstić information content (AvgIpc) is 2.98. The third kappa shape index (κ3) is 3.21. The molecule has 1 saturated heterocycles. The Morgan fingerprint density at radius 1 is 1.35 bits per heavy atom. The molecule has 2 aliphatic rings. The zero-order valence-corrected chi connectivity index (χ0v) is 11.2. The molecule has 100 valence electrons. The fourth-order valence-corrected chi connectivity index (χ4v) is 3.48. The molecule has 1 aliphatic heterocycles. The minimum absolute atomic E-state index is 0.404. The van der Waals surface area contributed by atoms with Gasteiger partial charge in [-0.15, -0.1) is 0 Å². The molecule has 2 atom stereocenters.